The van der Waals surface area contributed by atoms with Crippen LogP contribution in [0.4, 0.5) is 0 Å². The number of aromatic nitrogens is 3. The Bertz CT molecular complexity index is 493. The number of carbonyl (C=O) groups is 1. The molecule has 1 heterocycles. The van der Waals surface area contributed by atoms with Crippen molar-refractivity contribution in [1.82, 2.24) is 20.5 Å². The van der Waals surface area contributed by atoms with Crippen molar-refractivity contribution in [3.8, 4) is 0 Å². The van der Waals surface area contributed by atoms with Gasteiger partial charge < -0.3 is 10.1 Å². The van der Waals surface area contributed by atoms with Crippen LogP contribution in [0.15, 0.2) is 0 Å². The number of nitrogens with one attached hydrogen (secondary N) is 2. The summed E-state index contributed by atoms with van der Waals surface area (Å²) >= 11 is 0. The first-order chi connectivity index (χ1) is 11.0. The largest absolute Gasteiger partial charge is 0.365 e. The van der Waals surface area contributed by atoms with E-state index in [1.165, 1.54) is 25.7 Å². The Morgan fingerprint density at radius 3 is 2.39 bits per heavy atom. The summed E-state index contributed by atoms with van der Waals surface area (Å²) in [6, 6.07) is -0.201. The number of aryl methyl sites for hydroxylation is 1. The fraction of sp³-hybridized carbons (Fsp3) is 0.824. The van der Waals surface area contributed by atoms with Crippen LogP contribution in [-0.4, -0.2) is 33.3 Å². The lowest BCUT2D eigenvalue weighted by Crippen LogP contribution is -2.40. The molecule has 0 radical (unpaired) electrons. The zero-order chi connectivity index (χ0) is 16.8. The summed E-state index contributed by atoms with van der Waals surface area (Å²) in [5.74, 6) is 1.50. The van der Waals surface area contributed by atoms with Gasteiger partial charge in [-0.3, -0.25) is 9.89 Å². The van der Waals surface area contributed by atoms with Crippen LogP contribution in [0.1, 0.15) is 77.0 Å². The molecule has 0 bridgehead atoms. The summed E-state index contributed by atoms with van der Waals surface area (Å²) in [5.41, 5.74) is 0. The average molecular weight is 322 g/mol. The quantitative estimate of drug-likeness (QED) is 0.789. The molecule has 2 rings (SSSR count). The van der Waals surface area contributed by atoms with E-state index < -0.39 is 6.10 Å². The van der Waals surface area contributed by atoms with Gasteiger partial charge in [-0.05, 0) is 32.6 Å². The number of H-pyrrole nitrogens is 1. The van der Waals surface area contributed by atoms with Gasteiger partial charge in [-0.2, -0.15) is 5.10 Å². The summed E-state index contributed by atoms with van der Waals surface area (Å²) in [4.78, 5) is 16.8. The Morgan fingerprint density at radius 1 is 1.22 bits per heavy atom. The standard InChI is InChI=1S/C17H30N4O2/c1-11(2)15(16-18-13(4)20-21-16)19-17(22)12(3)23-14-9-7-5-6-8-10-14/h11-12,14-15H,5-10H2,1-4H3,(H,19,22)(H,18,20,21)/t12-,15+/m1/s1. The van der Waals surface area contributed by atoms with Crippen LogP contribution in [0.3, 0.4) is 0 Å². The van der Waals surface area contributed by atoms with Crippen LogP contribution < -0.4 is 5.32 Å². The minimum atomic E-state index is -0.445. The van der Waals surface area contributed by atoms with Crippen molar-refractivity contribution < 1.29 is 9.53 Å². The highest BCUT2D eigenvalue weighted by Gasteiger charge is 2.26. The molecule has 1 aromatic rings. The molecular formula is C17H30N4O2. The molecule has 0 spiro atoms. The van der Waals surface area contributed by atoms with Crippen LogP contribution in [0, 0.1) is 12.8 Å². The van der Waals surface area contributed by atoms with Gasteiger partial charge in [0.05, 0.1) is 12.1 Å². The molecule has 0 saturated heterocycles. The first kappa shape index (κ1) is 17.9. The monoisotopic (exact) mass is 322 g/mol. The highest BCUT2D eigenvalue weighted by Crippen LogP contribution is 2.22. The maximum atomic E-state index is 12.5. The topological polar surface area (TPSA) is 79.9 Å². The van der Waals surface area contributed by atoms with Crippen molar-refractivity contribution in [3.63, 3.8) is 0 Å². The molecule has 0 unspecified atom stereocenters. The zero-order valence-electron chi connectivity index (χ0n) is 14.8. The van der Waals surface area contributed by atoms with E-state index in [2.05, 4.69) is 20.5 Å². The lowest BCUT2D eigenvalue weighted by molar-refractivity contribution is -0.137. The van der Waals surface area contributed by atoms with E-state index in [4.69, 9.17) is 4.74 Å². The van der Waals surface area contributed by atoms with Crippen molar-refractivity contribution in [3.05, 3.63) is 11.6 Å². The van der Waals surface area contributed by atoms with Crippen molar-refractivity contribution in [2.45, 2.75) is 84.5 Å². The fourth-order valence-electron chi connectivity index (χ4n) is 3.03. The lowest BCUT2D eigenvalue weighted by atomic mass is 10.0. The number of amides is 1. The van der Waals surface area contributed by atoms with Gasteiger partial charge in [0, 0.05) is 0 Å². The van der Waals surface area contributed by atoms with Crippen molar-refractivity contribution >= 4 is 5.91 Å². The summed E-state index contributed by atoms with van der Waals surface area (Å²) < 4.78 is 5.99. The molecule has 0 aromatic carbocycles. The average Bonchev–Trinajstić information content (AvgIpc) is 2.76. The Hall–Kier alpha value is -1.43. The van der Waals surface area contributed by atoms with Crippen LogP contribution in [-0.2, 0) is 9.53 Å². The predicted molar refractivity (Wildman–Crippen MR) is 88.9 cm³/mol. The highest BCUT2D eigenvalue weighted by molar-refractivity contribution is 5.80. The number of nitrogens with zero attached hydrogens (tertiary/aromatic N) is 2. The van der Waals surface area contributed by atoms with Gasteiger partial charge in [0.1, 0.15) is 11.9 Å². The summed E-state index contributed by atoms with van der Waals surface area (Å²) in [7, 11) is 0. The Kier molecular flexibility index (Phi) is 6.57. The van der Waals surface area contributed by atoms with Gasteiger partial charge in [-0.25, -0.2) is 4.98 Å². The molecule has 23 heavy (non-hydrogen) atoms. The zero-order valence-corrected chi connectivity index (χ0v) is 14.8. The molecular weight excluding hydrogens is 292 g/mol. The van der Waals surface area contributed by atoms with Crippen molar-refractivity contribution in [2.75, 3.05) is 0 Å². The van der Waals surface area contributed by atoms with Crippen LogP contribution >= 0.6 is 0 Å². The minimum absolute atomic E-state index is 0.0876. The Balaban J connectivity index is 1.92. The second kappa shape index (κ2) is 8.43. The summed E-state index contributed by atoms with van der Waals surface area (Å²) in [5, 5.41) is 10.1. The third kappa shape index (κ3) is 5.30. The smallest absolute Gasteiger partial charge is 0.249 e. The van der Waals surface area contributed by atoms with E-state index in [-0.39, 0.29) is 24.0 Å². The molecule has 130 valence electrons. The highest BCUT2D eigenvalue weighted by atomic mass is 16.5. The van der Waals surface area contributed by atoms with E-state index in [0.29, 0.717) is 5.82 Å². The molecule has 1 fully saturated rings. The molecule has 6 heteroatoms. The number of hydrogen-bond donors (Lipinski definition) is 2. The summed E-state index contributed by atoms with van der Waals surface area (Å²) in [6.07, 6.45) is 6.84. The molecule has 1 aromatic heterocycles. The second-order valence-electron chi connectivity index (χ2n) is 6.90. The number of hydrogen-bond acceptors (Lipinski definition) is 4. The van der Waals surface area contributed by atoms with Gasteiger partial charge in [0.15, 0.2) is 5.82 Å². The van der Waals surface area contributed by atoms with Gasteiger partial charge >= 0.3 is 0 Å². The van der Waals surface area contributed by atoms with Gasteiger partial charge in [-0.15, -0.1) is 0 Å². The number of rotatable bonds is 6. The molecule has 2 N–H and O–H groups in total. The number of ether oxygens (including phenoxy) is 1. The van der Waals surface area contributed by atoms with Gasteiger partial charge in [-0.1, -0.05) is 39.5 Å². The SMILES string of the molecule is Cc1nc([C@@H](NC(=O)[C@@H](C)OC2CCCCCC2)C(C)C)n[nH]1. The molecule has 0 aliphatic heterocycles. The predicted octanol–water partition coefficient (Wildman–Crippen LogP) is 3.05. The normalized spacial score (nSPS) is 19.3. The first-order valence-corrected chi connectivity index (χ1v) is 8.82. The first-order valence-electron chi connectivity index (χ1n) is 8.82. The van der Waals surface area contributed by atoms with E-state index in [1.54, 1.807) is 0 Å². The molecule has 1 aliphatic rings. The molecule has 1 aliphatic carbocycles. The molecule has 6 nitrogen and oxygen atoms in total. The van der Waals surface area contributed by atoms with E-state index in [1.807, 2.05) is 27.7 Å². The summed E-state index contributed by atoms with van der Waals surface area (Å²) in [6.45, 7) is 7.79. The minimum Gasteiger partial charge on any atom is -0.365 e. The van der Waals surface area contributed by atoms with Gasteiger partial charge in [0.25, 0.3) is 0 Å². The van der Waals surface area contributed by atoms with Crippen LogP contribution in [0.5, 0.6) is 0 Å². The second-order valence-corrected chi connectivity index (χ2v) is 6.90. The fourth-order valence-corrected chi connectivity index (χ4v) is 3.03. The van der Waals surface area contributed by atoms with Crippen LogP contribution in [0.2, 0.25) is 0 Å². The lowest BCUT2D eigenvalue weighted by Gasteiger charge is -2.24. The van der Waals surface area contributed by atoms with Crippen molar-refractivity contribution in [2.24, 2.45) is 5.92 Å². The Morgan fingerprint density at radius 2 is 1.87 bits per heavy atom. The Labute approximate surface area is 138 Å². The maximum absolute atomic E-state index is 12.5. The molecule has 1 amide bonds. The third-order valence-electron chi connectivity index (χ3n) is 4.43. The molecule has 1 saturated carbocycles. The van der Waals surface area contributed by atoms with E-state index in [0.717, 1.165) is 18.7 Å². The van der Waals surface area contributed by atoms with E-state index in [9.17, 15) is 4.79 Å². The maximum Gasteiger partial charge on any atom is 0.249 e. The van der Waals surface area contributed by atoms with Crippen LogP contribution in [0.25, 0.3) is 0 Å². The van der Waals surface area contributed by atoms with Crippen molar-refractivity contribution in [1.29, 1.82) is 0 Å². The third-order valence-corrected chi connectivity index (χ3v) is 4.43. The van der Waals surface area contributed by atoms with Gasteiger partial charge in [0.2, 0.25) is 5.91 Å². The van der Waals surface area contributed by atoms with E-state index >= 15 is 0 Å². The molecule has 2 atom stereocenters. The number of carbonyl (C=O) groups excluding carboxylic acids is 1. The number of aromatic amines is 1.